The molecule has 0 aliphatic heterocycles. The van der Waals surface area contributed by atoms with E-state index in [9.17, 15) is 22.4 Å². The van der Waals surface area contributed by atoms with Crippen LogP contribution in [0.4, 0.5) is 23.4 Å². The molecule has 6 nitrogen and oxygen atoms in total. The first kappa shape index (κ1) is 22.1. The molecule has 3 aromatic rings. The minimum atomic E-state index is -4.73. The molecule has 1 N–H and O–H groups in total. The summed E-state index contributed by atoms with van der Waals surface area (Å²) in [6, 6.07) is 4.39. The highest BCUT2D eigenvalue weighted by Crippen LogP contribution is 2.36. The molecular weight excluding hydrogens is 449 g/mol. The summed E-state index contributed by atoms with van der Waals surface area (Å²) >= 11 is 11.7. The summed E-state index contributed by atoms with van der Waals surface area (Å²) in [5.74, 6) is -0.915. The van der Waals surface area contributed by atoms with Crippen molar-refractivity contribution >= 4 is 34.9 Å². The van der Waals surface area contributed by atoms with Crippen molar-refractivity contribution in [1.29, 1.82) is 0 Å². The number of hydrogen-bond acceptors (Lipinski definition) is 3. The number of rotatable bonds is 5. The summed E-state index contributed by atoms with van der Waals surface area (Å²) in [7, 11) is 0. The van der Waals surface area contributed by atoms with Crippen LogP contribution in [0.1, 0.15) is 29.9 Å². The number of halogens is 6. The van der Waals surface area contributed by atoms with Crippen LogP contribution in [0.25, 0.3) is 0 Å². The number of carbonyl (C=O) groups is 1. The topological polar surface area (TPSA) is 64.7 Å². The van der Waals surface area contributed by atoms with Crippen LogP contribution in [0, 0.1) is 12.7 Å². The number of amides is 1. The van der Waals surface area contributed by atoms with Crippen molar-refractivity contribution in [3.8, 4) is 0 Å². The normalized spacial score (nSPS) is 12.8. The number of carbonyl (C=O) groups excluding carboxylic acids is 1. The van der Waals surface area contributed by atoms with Gasteiger partial charge < -0.3 is 5.32 Å². The Labute approximate surface area is 178 Å². The maximum absolute atomic E-state index is 13.1. The molecule has 12 heteroatoms. The van der Waals surface area contributed by atoms with Gasteiger partial charge in [-0.2, -0.15) is 23.4 Å². The zero-order valence-electron chi connectivity index (χ0n) is 15.6. The lowest BCUT2D eigenvalue weighted by Gasteiger charge is -2.13. The van der Waals surface area contributed by atoms with Gasteiger partial charge in [0.2, 0.25) is 5.91 Å². The second kappa shape index (κ2) is 8.27. The van der Waals surface area contributed by atoms with E-state index >= 15 is 0 Å². The van der Waals surface area contributed by atoms with Gasteiger partial charge in [0.05, 0.1) is 17.3 Å². The molecule has 0 spiro atoms. The molecule has 1 aromatic carbocycles. The van der Waals surface area contributed by atoms with Gasteiger partial charge in [0.1, 0.15) is 11.9 Å². The van der Waals surface area contributed by atoms with Gasteiger partial charge in [0, 0.05) is 17.3 Å². The Balaban J connectivity index is 1.72. The lowest BCUT2D eigenvalue weighted by molar-refractivity contribution is -0.141. The molecule has 30 heavy (non-hydrogen) atoms. The van der Waals surface area contributed by atoms with Crippen LogP contribution in [-0.4, -0.2) is 25.5 Å². The van der Waals surface area contributed by atoms with E-state index in [0.29, 0.717) is 5.56 Å². The lowest BCUT2D eigenvalue weighted by Crippen LogP contribution is -2.26. The molecule has 0 aliphatic carbocycles. The van der Waals surface area contributed by atoms with Gasteiger partial charge in [-0.05, 0) is 31.5 Å². The number of nitrogens with zero attached hydrogens (tertiary/aromatic N) is 4. The summed E-state index contributed by atoms with van der Waals surface area (Å²) in [6.07, 6.45) is -3.17. The monoisotopic (exact) mass is 463 g/mol. The minimum Gasteiger partial charge on any atom is -0.307 e. The van der Waals surface area contributed by atoms with E-state index in [1.54, 1.807) is 6.20 Å². The van der Waals surface area contributed by atoms with E-state index < -0.39 is 34.7 Å². The zero-order chi connectivity index (χ0) is 22.2. The Kier molecular flexibility index (Phi) is 6.09. The Morgan fingerprint density at radius 2 is 1.93 bits per heavy atom. The second-order valence-electron chi connectivity index (χ2n) is 6.49. The summed E-state index contributed by atoms with van der Waals surface area (Å²) in [6.45, 7) is 2.96. The highest BCUT2D eigenvalue weighted by Gasteiger charge is 2.39. The van der Waals surface area contributed by atoms with Crippen molar-refractivity contribution in [1.82, 2.24) is 19.6 Å². The molecule has 1 unspecified atom stereocenters. The minimum absolute atomic E-state index is 0.0168. The van der Waals surface area contributed by atoms with E-state index in [0.717, 1.165) is 4.68 Å². The van der Waals surface area contributed by atoms with Gasteiger partial charge in [0.15, 0.2) is 11.5 Å². The largest absolute Gasteiger partial charge is 0.436 e. The Morgan fingerprint density at radius 3 is 2.53 bits per heavy atom. The van der Waals surface area contributed by atoms with Crippen LogP contribution < -0.4 is 5.32 Å². The number of alkyl halides is 3. The molecule has 2 aromatic heterocycles. The van der Waals surface area contributed by atoms with Crippen molar-refractivity contribution in [2.75, 3.05) is 5.32 Å². The first-order chi connectivity index (χ1) is 14.0. The third-order valence-electron chi connectivity index (χ3n) is 4.33. The molecule has 0 fully saturated rings. The number of aromatic nitrogens is 4. The maximum atomic E-state index is 13.1. The second-order valence-corrected chi connectivity index (χ2v) is 7.28. The third-order valence-corrected chi connectivity index (χ3v) is 5.14. The van der Waals surface area contributed by atoms with Crippen LogP contribution >= 0.6 is 23.2 Å². The number of hydrogen-bond donors (Lipinski definition) is 1. The van der Waals surface area contributed by atoms with Crippen LogP contribution in [0.3, 0.4) is 0 Å². The molecule has 0 saturated heterocycles. The van der Waals surface area contributed by atoms with Gasteiger partial charge in [0.25, 0.3) is 0 Å². The molecular formula is C18H15Cl2F4N5O. The van der Waals surface area contributed by atoms with E-state index in [2.05, 4.69) is 15.5 Å². The zero-order valence-corrected chi connectivity index (χ0v) is 17.1. The Morgan fingerprint density at radius 1 is 1.23 bits per heavy atom. The number of benzene rings is 1. The maximum Gasteiger partial charge on any atom is 0.436 e. The Hall–Kier alpha value is -2.59. The first-order valence-corrected chi connectivity index (χ1v) is 9.33. The fraction of sp³-hybridized carbons (Fsp3) is 0.278. The van der Waals surface area contributed by atoms with E-state index in [1.807, 2.05) is 0 Å². The fourth-order valence-electron chi connectivity index (χ4n) is 2.74. The predicted molar refractivity (Wildman–Crippen MR) is 103 cm³/mol. The van der Waals surface area contributed by atoms with Gasteiger partial charge in [-0.25, -0.2) is 4.39 Å². The lowest BCUT2D eigenvalue weighted by atomic mass is 10.2. The predicted octanol–water partition coefficient (Wildman–Crippen LogP) is 5.10. The van der Waals surface area contributed by atoms with Crippen molar-refractivity contribution in [2.45, 2.75) is 32.6 Å². The first-order valence-electron chi connectivity index (χ1n) is 8.57. The van der Waals surface area contributed by atoms with Crippen LogP contribution in [0.5, 0.6) is 0 Å². The smallest absolute Gasteiger partial charge is 0.307 e. The highest BCUT2D eigenvalue weighted by atomic mass is 35.5. The summed E-state index contributed by atoms with van der Waals surface area (Å²) in [5, 5.41) is 9.81. The van der Waals surface area contributed by atoms with E-state index in [-0.39, 0.29) is 23.1 Å². The molecule has 1 atom stereocenters. The van der Waals surface area contributed by atoms with Crippen LogP contribution in [-0.2, 0) is 17.5 Å². The molecule has 1 amide bonds. The Bertz CT molecular complexity index is 1090. The average molecular weight is 464 g/mol. The SMILES string of the molecule is Cc1c(Cl)c(C(F)(F)F)nn1C(C)C(=O)Nc1ccn(Cc2ccc(F)cc2Cl)n1. The highest BCUT2D eigenvalue weighted by molar-refractivity contribution is 6.32. The van der Waals surface area contributed by atoms with Crippen molar-refractivity contribution < 1.29 is 22.4 Å². The molecule has 2 heterocycles. The molecule has 0 radical (unpaired) electrons. The van der Waals surface area contributed by atoms with Crippen molar-refractivity contribution in [2.24, 2.45) is 0 Å². The van der Waals surface area contributed by atoms with Crippen LogP contribution in [0.2, 0.25) is 10.0 Å². The fourth-order valence-corrected chi connectivity index (χ4v) is 3.20. The summed E-state index contributed by atoms with van der Waals surface area (Å²) in [4.78, 5) is 12.5. The van der Waals surface area contributed by atoms with Gasteiger partial charge >= 0.3 is 6.18 Å². The van der Waals surface area contributed by atoms with Gasteiger partial charge in [-0.3, -0.25) is 14.2 Å². The van der Waals surface area contributed by atoms with Crippen LogP contribution in [0.15, 0.2) is 30.5 Å². The number of anilines is 1. The van der Waals surface area contributed by atoms with Crippen molar-refractivity contribution in [3.05, 3.63) is 63.3 Å². The summed E-state index contributed by atoms with van der Waals surface area (Å²) in [5.41, 5.74) is -0.612. The third kappa shape index (κ3) is 4.59. The number of nitrogens with one attached hydrogen (secondary N) is 1. The standard InChI is InChI=1S/C18H15Cl2F4N5O/c1-9-15(20)16(18(22,23)24)27-29(9)10(2)17(30)25-14-5-6-28(26-14)8-11-3-4-12(21)7-13(11)19/h3-7,10H,8H2,1-2H3,(H,25,26,30). The molecule has 0 saturated carbocycles. The molecule has 3 rings (SSSR count). The van der Waals surface area contributed by atoms with Crippen molar-refractivity contribution in [3.63, 3.8) is 0 Å². The van der Waals surface area contributed by atoms with Gasteiger partial charge in [-0.1, -0.05) is 29.3 Å². The molecule has 0 aliphatic rings. The summed E-state index contributed by atoms with van der Waals surface area (Å²) < 4.78 is 54.5. The van der Waals surface area contributed by atoms with E-state index in [1.165, 1.54) is 42.8 Å². The molecule has 0 bridgehead atoms. The van der Waals surface area contributed by atoms with E-state index in [4.69, 9.17) is 23.2 Å². The van der Waals surface area contributed by atoms with Gasteiger partial charge in [-0.15, -0.1) is 0 Å². The quantitative estimate of drug-likeness (QED) is 0.535. The average Bonchev–Trinajstić information content (AvgIpc) is 3.21. The molecule has 160 valence electrons.